The van der Waals surface area contributed by atoms with E-state index >= 15 is 0 Å². The average Bonchev–Trinajstić information content (AvgIpc) is 2.86. The van der Waals surface area contributed by atoms with Crippen LogP contribution in [0, 0.1) is 16.0 Å². The van der Waals surface area contributed by atoms with Crippen molar-refractivity contribution in [2.45, 2.75) is 19.8 Å². The standard InChI is InChI=1S/C13H16N2O4/c1-2-9-6-7-14(8-9)13(17)10-4-3-5-11(12(10)16)15(18)19/h3-5,9,16H,2,6-8H2,1H3. The van der Waals surface area contributed by atoms with E-state index in [1.165, 1.54) is 18.2 Å². The zero-order valence-electron chi connectivity index (χ0n) is 10.7. The maximum Gasteiger partial charge on any atom is 0.311 e. The quantitative estimate of drug-likeness (QED) is 0.669. The molecule has 6 nitrogen and oxygen atoms in total. The average molecular weight is 264 g/mol. The minimum Gasteiger partial charge on any atom is -0.502 e. The summed E-state index contributed by atoms with van der Waals surface area (Å²) in [6.07, 6.45) is 1.95. The number of hydrogen-bond donors (Lipinski definition) is 1. The third-order valence-electron chi connectivity index (χ3n) is 3.59. The van der Waals surface area contributed by atoms with Gasteiger partial charge in [0.15, 0.2) is 0 Å². The van der Waals surface area contributed by atoms with E-state index in [9.17, 15) is 20.0 Å². The second-order valence-electron chi connectivity index (χ2n) is 4.74. The van der Waals surface area contributed by atoms with Gasteiger partial charge in [-0.1, -0.05) is 19.4 Å². The molecule has 1 aromatic carbocycles. The Morgan fingerprint density at radius 1 is 1.58 bits per heavy atom. The van der Waals surface area contributed by atoms with Gasteiger partial charge in [0.2, 0.25) is 5.75 Å². The Morgan fingerprint density at radius 2 is 2.32 bits per heavy atom. The molecule has 0 saturated carbocycles. The number of aromatic hydroxyl groups is 1. The first-order valence-corrected chi connectivity index (χ1v) is 6.30. The molecule has 6 heteroatoms. The molecule has 1 amide bonds. The van der Waals surface area contributed by atoms with Gasteiger partial charge in [-0.25, -0.2) is 0 Å². The van der Waals surface area contributed by atoms with Crippen molar-refractivity contribution < 1.29 is 14.8 Å². The van der Waals surface area contributed by atoms with Crippen molar-refractivity contribution in [3.05, 3.63) is 33.9 Å². The summed E-state index contributed by atoms with van der Waals surface area (Å²) < 4.78 is 0. The van der Waals surface area contributed by atoms with Gasteiger partial charge in [-0.05, 0) is 18.4 Å². The maximum absolute atomic E-state index is 12.2. The molecule has 1 aromatic rings. The lowest BCUT2D eigenvalue weighted by Gasteiger charge is -2.16. The second-order valence-corrected chi connectivity index (χ2v) is 4.74. The lowest BCUT2D eigenvalue weighted by molar-refractivity contribution is -0.385. The zero-order valence-corrected chi connectivity index (χ0v) is 10.7. The van der Waals surface area contributed by atoms with Crippen molar-refractivity contribution in [1.82, 2.24) is 4.90 Å². The minimum absolute atomic E-state index is 0.00551. The monoisotopic (exact) mass is 264 g/mol. The number of carbonyl (C=O) groups excluding carboxylic acids is 1. The topological polar surface area (TPSA) is 83.7 Å². The number of nitro groups is 1. The molecule has 1 aliphatic heterocycles. The largest absolute Gasteiger partial charge is 0.502 e. The summed E-state index contributed by atoms with van der Waals surface area (Å²) in [7, 11) is 0. The van der Waals surface area contributed by atoms with E-state index in [1.807, 2.05) is 0 Å². The maximum atomic E-state index is 12.2. The predicted octanol–water partition coefficient (Wildman–Crippen LogP) is 2.17. The van der Waals surface area contributed by atoms with Crippen LogP contribution in [0.15, 0.2) is 18.2 Å². The molecule has 1 atom stereocenters. The highest BCUT2D eigenvalue weighted by atomic mass is 16.6. The first kappa shape index (κ1) is 13.3. The fourth-order valence-electron chi connectivity index (χ4n) is 2.37. The summed E-state index contributed by atoms with van der Waals surface area (Å²) in [4.78, 5) is 23.9. The van der Waals surface area contributed by atoms with Crippen molar-refractivity contribution in [2.75, 3.05) is 13.1 Å². The Bertz CT molecular complexity index is 515. The van der Waals surface area contributed by atoms with Crippen molar-refractivity contribution in [3.63, 3.8) is 0 Å². The number of carbonyl (C=O) groups is 1. The Hall–Kier alpha value is -2.11. The molecule has 0 bridgehead atoms. The molecule has 1 saturated heterocycles. The van der Waals surface area contributed by atoms with E-state index in [0.717, 1.165) is 12.8 Å². The fourth-order valence-corrected chi connectivity index (χ4v) is 2.37. The molecule has 1 fully saturated rings. The van der Waals surface area contributed by atoms with Crippen LogP contribution in [0.2, 0.25) is 0 Å². The molecule has 0 spiro atoms. The van der Waals surface area contributed by atoms with E-state index in [2.05, 4.69) is 6.92 Å². The first-order valence-electron chi connectivity index (χ1n) is 6.30. The Morgan fingerprint density at radius 3 is 2.89 bits per heavy atom. The number of para-hydroxylation sites is 1. The van der Waals surface area contributed by atoms with E-state index in [1.54, 1.807) is 4.90 Å². The third-order valence-corrected chi connectivity index (χ3v) is 3.59. The van der Waals surface area contributed by atoms with E-state index in [0.29, 0.717) is 19.0 Å². The number of likely N-dealkylation sites (tertiary alicyclic amines) is 1. The summed E-state index contributed by atoms with van der Waals surface area (Å²) in [5, 5.41) is 20.6. The van der Waals surface area contributed by atoms with Crippen LogP contribution in [-0.2, 0) is 0 Å². The SMILES string of the molecule is CCC1CCN(C(=O)c2cccc([N+](=O)[O-])c2O)C1. The van der Waals surface area contributed by atoms with Gasteiger partial charge in [-0.3, -0.25) is 14.9 Å². The van der Waals surface area contributed by atoms with Crippen LogP contribution in [0.25, 0.3) is 0 Å². The van der Waals surface area contributed by atoms with Gasteiger partial charge in [-0.15, -0.1) is 0 Å². The fraction of sp³-hybridized carbons (Fsp3) is 0.462. The van der Waals surface area contributed by atoms with E-state index in [4.69, 9.17) is 0 Å². The lowest BCUT2D eigenvalue weighted by atomic mass is 10.1. The number of phenols is 1. The Kier molecular flexibility index (Phi) is 3.69. The highest BCUT2D eigenvalue weighted by Crippen LogP contribution is 2.31. The van der Waals surface area contributed by atoms with Crippen LogP contribution < -0.4 is 0 Å². The molecule has 2 rings (SSSR count). The van der Waals surface area contributed by atoms with Crippen LogP contribution in [-0.4, -0.2) is 33.9 Å². The number of nitro benzene ring substituents is 1. The van der Waals surface area contributed by atoms with Gasteiger partial charge in [-0.2, -0.15) is 0 Å². The van der Waals surface area contributed by atoms with Crippen molar-refractivity contribution in [1.29, 1.82) is 0 Å². The Balaban J connectivity index is 2.25. The van der Waals surface area contributed by atoms with Gasteiger partial charge in [0.1, 0.15) is 0 Å². The summed E-state index contributed by atoms with van der Waals surface area (Å²) in [5.41, 5.74) is -0.428. The van der Waals surface area contributed by atoms with Gasteiger partial charge in [0.25, 0.3) is 5.91 Å². The lowest BCUT2D eigenvalue weighted by Crippen LogP contribution is -2.28. The molecule has 1 aliphatic rings. The normalized spacial score (nSPS) is 18.6. The van der Waals surface area contributed by atoms with Gasteiger partial charge in [0, 0.05) is 19.2 Å². The number of hydrogen-bond acceptors (Lipinski definition) is 4. The molecule has 1 heterocycles. The van der Waals surface area contributed by atoms with Crippen molar-refractivity contribution >= 4 is 11.6 Å². The molecular formula is C13H16N2O4. The van der Waals surface area contributed by atoms with Crippen LogP contribution in [0.1, 0.15) is 30.1 Å². The summed E-state index contributed by atoms with van der Waals surface area (Å²) in [6, 6.07) is 4.02. The van der Waals surface area contributed by atoms with Crippen LogP contribution in [0.3, 0.4) is 0 Å². The van der Waals surface area contributed by atoms with Crippen LogP contribution in [0.5, 0.6) is 5.75 Å². The molecule has 0 aliphatic carbocycles. The molecule has 0 radical (unpaired) electrons. The number of rotatable bonds is 3. The molecule has 0 aromatic heterocycles. The summed E-state index contributed by atoms with van der Waals surface area (Å²) in [5.74, 6) is -0.403. The summed E-state index contributed by atoms with van der Waals surface area (Å²) >= 11 is 0. The van der Waals surface area contributed by atoms with Crippen molar-refractivity contribution in [3.8, 4) is 5.75 Å². The van der Waals surface area contributed by atoms with E-state index < -0.39 is 16.4 Å². The molecular weight excluding hydrogens is 248 g/mol. The van der Waals surface area contributed by atoms with Crippen molar-refractivity contribution in [2.24, 2.45) is 5.92 Å². The minimum atomic E-state index is -0.690. The highest BCUT2D eigenvalue weighted by molar-refractivity contribution is 5.98. The Labute approximate surface area is 110 Å². The van der Waals surface area contributed by atoms with Crippen LogP contribution in [0.4, 0.5) is 5.69 Å². The number of benzene rings is 1. The van der Waals surface area contributed by atoms with Gasteiger partial charge >= 0.3 is 5.69 Å². The number of nitrogens with zero attached hydrogens (tertiary/aromatic N) is 2. The third kappa shape index (κ3) is 2.52. The smallest absolute Gasteiger partial charge is 0.311 e. The van der Waals surface area contributed by atoms with E-state index in [-0.39, 0.29) is 11.5 Å². The zero-order chi connectivity index (χ0) is 14.0. The molecule has 102 valence electrons. The molecule has 19 heavy (non-hydrogen) atoms. The van der Waals surface area contributed by atoms with Gasteiger partial charge in [0.05, 0.1) is 10.5 Å². The molecule has 1 N–H and O–H groups in total. The number of amides is 1. The number of phenolic OH excluding ortho intramolecular Hbond substituents is 1. The van der Waals surface area contributed by atoms with Crippen LogP contribution >= 0.6 is 0 Å². The summed E-state index contributed by atoms with van der Waals surface area (Å²) in [6.45, 7) is 3.36. The van der Waals surface area contributed by atoms with Gasteiger partial charge < -0.3 is 10.0 Å². The first-order chi connectivity index (χ1) is 9.04. The molecule has 1 unspecified atom stereocenters. The second kappa shape index (κ2) is 5.26. The predicted molar refractivity (Wildman–Crippen MR) is 69.1 cm³/mol. The highest BCUT2D eigenvalue weighted by Gasteiger charge is 2.29.